The monoisotopic (exact) mass is 345 g/mol. The van der Waals surface area contributed by atoms with E-state index in [1.807, 2.05) is 0 Å². The number of nitrogens with two attached hydrogens (primary N) is 1. The number of hydrogen-bond donors (Lipinski definition) is 2. The minimum atomic E-state index is -3.72. The predicted octanol–water partition coefficient (Wildman–Crippen LogP) is 2.01. The minimum absolute atomic E-state index is 0.0673. The second kappa shape index (κ2) is 5.32. The van der Waals surface area contributed by atoms with Crippen LogP contribution in [0.3, 0.4) is 0 Å². The van der Waals surface area contributed by atoms with Gasteiger partial charge in [-0.25, -0.2) is 13.4 Å². The Morgan fingerprint density at radius 3 is 2.74 bits per heavy atom. The summed E-state index contributed by atoms with van der Waals surface area (Å²) in [6.07, 6.45) is 1.51. The molecule has 6 nitrogen and oxygen atoms in total. The molecule has 0 unspecified atom stereocenters. The van der Waals surface area contributed by atoms with Gasteiger partial charge in [0.15, 0.2) is 0 Å². The number of furan rings is 1. The Bertz CT molecular complexity index is 680. The summed E-state index contributed by atoms with van der Waals surface area (Å²) < 4.78 is 32.7. The lowest BCUT2D eigenvalue weighted by molar-refractivity contribution is 0.479. The summed E-state index contributed by atoms with van der Waals surface area (Å²) in [4.78, 5) is 4.02. The summed E-state index contributed by atoms with van der Waals surface area (Å²) in [6.45, 7) is 1.72. The van der Waals surface area contributed by atoms with Crippen molar-refractivity contribution in [2.75, 3.05) is 4.72 Å². The first kappa shape index (κ1) is 14.0. The molecular weight excluding hydrogens is 334 g/mol. The van der Waals surface area contributed by atoms with E-state index in [0.29, 0.717) is 11.5 Å². The van der Waals surface area contributed by atoms with Crippen LogP contribution in [-0.2, 0) is 16.6 Å². The lowest BCUT2D eigenvalue weighted by Gasteiger charge is -2.05. The molecule has 2 aromatic heterocycles. The van der Waals surface area contributed by atoms with Crippen molar-refractivity contribution < 1.29 is 12.8 Å². The van der Waals surface area contributed by atoms with Crippen molar-refractivity contribution in [2.24, 2.45) is 5.73 Å². The zero-order valence-corrected chi connectivity index (χ0v) is 12.5. The van der Waals surface area contributed by atoms with E-state index < -0.39 is 10.0 Å². The van der Waals surface area contributed by atoms with E-state index in [1.165, 1.54) is 12.3 Å². The third kappa shape index (κ3) is 3.14. The van der Waals surface area contributed by atoms with Gasteiger partial charge in [0.2, 0.25) is 0 Å². The second-order valence-corrected chi connectivity index (χ2v) is 6.37. The van der Waals surface area contributed by atoms with Crippen LogP contribution in [0.5, 0.6) is 0 Å². The number of aryl methyl sites for hydroxylation is 1. The molecule has 0 bridgehead atoms. The van der Waals surface area contributed by atoms with Crippen LogP contribution in [0, 0.1) is 6.92 Å². The average Bonchev–Trinajstić information content (AvgIpc) is 2.74. The predicted molar refractivity (Wildman–Crippen MR) is 74.1 cm³/mol. The normalized spacial score (nSPS) is 11.5. The zero-order chi connectivity index (χ0) is 14.0. The third-order valence-corrected chi connectivity index (χ3v) is 4.31. The Balaban J connectivity index is 2.31. The standard InChI is InChI=1S/C11H12BrN3O3S/c1-7-10(4-9(5-13)18-7)19(16,17)15-11-3-2-8(12)6-14-11/h2-4,6H,5,13H2,1H3,(H,14,15). The van der Waals surface area contributed by atoms with Crippen molar-refractivity contribution in [3.05, 3.63) is 40.4 Å². The van der Waals surface area contributed by atoms with Crippen LogP contribution in [-0.4, -0.2) is 13.4 Å². The van der Waals surface area contributed by atoms with Crippen LogP contribution < -0.4 is 10.5 Å². The molecule has 0 aliphatic carbocycles. The first-order valence-corrected chi connectivity index (χ1v) is 7.64. The van der Waals surface area contributed by atoms with E-state index in [4.69, 9.17) is 10.2 Å². The van der Waals surface area contributed by atoms with Crippen LogP contribution in [0.4, 0.5) is 5.82 Å². The van der Waals surface area contributed by atoms with Gasteiger partial charge in [-0.15, -0.1) is 0 Å². The minimum Gasteiger partial charge on any atom is -0.464 e. The largest absolute Gasteiger partial charge is 0.464 e. The molecule has 0 saturated carbocycles. The number of nitrogens with zero attached hydrogens (tertiary/aromatic N) is 1. The number of halogens is 1. The fourth-order valence-corrected chi connectivity index (χ4v) is 2.97. The van der Waals surface area contributed by atoms with E-state index in [-0.39, 0.29) is 17.3 Å². The highest BCUT2D eigenvalue weighted by molar-refractivity contribution is 9.10. The van der Waals surface area contributed by atoms with Crippen LogP contribution >= 0.6 is 15.9 Å². The van der Waals surface area contributed by atoms with Gasteiger partial charge in [0.25, 0.3) is 10.0 Å². The Hall–Kier alpha value is -1.38. The zero-order valence-electron chi connectivity index (χ0n) is 10.1. The first-order valence-electron chi connectivity index (χ1n) is 5.36. The SMILES string of the molecule is Cc1oc(CN)cc1S(=O)(=O)Nc1ccc(Br)cn1. The molecule has 0 atom stereocenters. The molecule has 8 heteroatoms. The number of aromatic nitrogens is 1. The summed E-state index contributed by atoms with van der Waals surface area (Å²) in [7, 11) is -3.72. The Morgan fingerprint density at radius 1 is 1.47 bits per heavy atom. The van der Waals surface area contributed by atoms with E-state index in [1.54, 1.807) is 19.1 Å². The third-order valence-electron chi connectivity index (χ3n) is 2.38. The Morgan fingerprint density at radius 2 is 2.21 bits per heavy atom. The van der Waals surface area contributed by atoms with E-state index in [9.17, 15) is 8.42 Å². The molecule has 19 heavy (non-hydrogen) atoms. The second-order valence-electron chi connectivity index (χ2n) is 3.80. The van der Waals surface area contributed by atoms with Crippen LogP contribution in [0.25, 0.3) is 0 Å². The molecule has 0 radical (unpaired) electrons. The summed E-state index contributed by atoms with van der Waals surface area (Å²) in [5.41, 5.74) is 5.42. The van der Waals surface area contributed by atoms with Crippen LogP contribution in [0.2, 0.25) is 0 Å². The highest BCUT2D eigenvalue weighted by atomic mass is 79.9. The number of sulfonamides is 1. The number of nitrogens with one attached hydrogen (secondary N) is 1. The van der Waals surface area contributed by atoms with Gasteiger partial charge >= 0.3 is 0 Å². The molecule has 3 N–H and O–H groups in total. The summed E-state index contributed by atoms with van der Waals surface area (Å²) in [6, 6.07) is 4.66. The fourth-order valence-electron chi connectivity index (χ4n) is 1.52. The molecular formula is C11H12BrN3O3S. The molecule has 2 rings (SSSR count). The lowest BCUT2D eigenvalue weighted by atomic mass is 10.4. The van der Waals surface area contributed by atoms with Gasteiger partial charge in [0.05, 0.1) is 6.54 Å². The maximum Gasteiger partial charge on any atom is 0.266 e. The van der Waals surface area contributed by atoms with Crippen LogP contribution in [0.1, 0.15) is 11.5 Å². The average molecular weight is 346 g/mol. The maximum absolute atomic E-state index is 12.2. The molecule has 0 aliphatic heterocycles. The van der Waals surface area contributed by atoms with Gasteiger partial charge in [-0.3, -0.25) is 4.72 Å². The molecule has 102 valence electrons. The van der Waals surface area contributed by atoms with E-state index in [0.717, 1.165) is 4.47 Å². The smallest absolute Gasteiger partial charge is 0.266 e. The maximum atomic E-state index is 12.2. The number of pyridine rings is 1. The van der Waals surface area contributed by atoms with Gasteiger partial charge in [0, 0.05) is 16.7 Å². The van der Waals surface area contributed by atoms with Gasteiger partial charge in [-0.2, -0.15) is 0 Å². The fraction of sp³-hybridized carbons (Fsp3) is 0.182. The van der Waals surface area contributed by atoms with Crippen molar-refractivity contribution >= 4 is 31.8 Å². The highest BCUT2D eigenvalue weighted by Crippen LogP contribution is 2.22. The summed E-state index contributed by atoms with van der Waals surface area (Å²) >= 11 is 3.23. The van der Waals surface area contributed by atoms with Gasteiger partial charge in [0.1, 0.15) is 22.2 Å². The van der Waals surface area contributed by atoms with Crippen molar-refractivity contribution in [3.63, 3.8) is 0 Å². The number of hydrogen-bond acceptors (Lipinski definition) is 5. The van der Waals surface area contributed by atoms with Crippen molar-refractivity contribution in [3.8, 4) is 0 Å². The highest BCUT2D eigenvalue weighted by Gasteiger charge is 2.21. The van der Waals surface area contributed by atoms with Crippen molar-refractivity contribution in [1.82, 2.24) is 4.98 Å². The van der Waals surface area contributed by atoms with Crippen LogP contribution in [0.15, 0.2) is 38.2 Å². The summed E-state index contributed by atoms with van der Waals surface area (Å²) in [5, 5.41) is 0. The molecule has 0 fully saturated rings. The lowest BCUT2D eigenvalue weighted by Crippen LogP contribution is -2.14. The topological polar surface area (TPSA) is 98.2 Å². The molecule has 0 saturated heterocycles. The van der Waals surface area contributed by atoms with Gasteiger partial charge in [-0.05, 0) is 35.0 Å². The number of anilines is 1. The molecule has 2 heterocycles. The molecule has 0 spiro atoms. The quantitative estimate of drug-likeness (QED) is 0.882. The Labute approximate surface area is 119 Å². The summed E-state index contributed by atoms with van der Waals surface area (Å²) in [5.74, 6) is 0.949. The molecule has 2 aromatic rings. The Kier molecular flexibility index (Phi) is 3.93. The van der Waals surface area contributed by atoms with Gasteiger partial charge < -0.3 is 10.2 Å². The van der Waals surface area contributed by atoms with Crippen molar-refractivity contribution in [2.45, 2.75) is 18.4 Å². The van der Waals surface area contributed by atoms with Gasteiger partial charge in [-0.1, -0.05) is 0 Å². The molecule has 0 aromatic carbocycles. The van der Waals surface area contributed by atoms with E-state index in [2.05, 4.69) is 25.6 Å². The van der Waals surface area contributed by atoms with E-state index >= 15 is 0 Å². The number of rotatable bonds is 4. The first-order chi connectivity index (χ1) is 8.92. The molecule has 0 aliphatic rings. The molecule has 0 amide bonds. The van der Waals surface area contributed by atoms with Crippen molar-refractivity contribution in [1.29, 1.82) is 0 Å².